The minimum absolute atomic E-state index is 0.0303. The normalized spacial score (nSPS) is 15.1. The fourth-order valence-corrected chi connectivity index (χ4v) is 8.27. The van der Waals surface area contributed by atoms with E-state index in [0.717, 1.165) is 14.7 Å². The van der Waals surface area contributed by atoms with Gasteiger partial charge in [0, 0.05) is 0 Å². The Hall–Kier alpha value is 0.550. The van der Waals surface area contributed by atoms with Gasteiger partial charge in [0.1, 0.15) is 0 Å². The molecule has 1 N–H and O–H groups in total. The summed E-state index contributed by atoms with van der Waals surface area (Å²) in [7, 11) is 12.7. The molecule has 0 aliphatic carbocycles. The maximum absolute atomic E-state index is 10.6. The summed E-state index contributed by atoms with van der Waals surface area (Å²) < 4.78 is 11.4. The number of hydrogen-bond donors (Lipinski definition) is 1. The Bertz CT molecular complexity index is 517. The third-order valence-electron chi connectivity index (χ3n) is 3.82. The van der Waals surface area contributed by atoms with Crippen LogP contribution in [0.2, 0.25) is 0 Å². The van der Waals surface area contributed by atoms with Gasteiger partial charge in [-0.25, -0.2) is 0 Å². The Balaban J connectivity index is 3.96. The van der Waals surface area contributed by atoms with Crippen LogP contribution in [-0.4, -0.2) is 19.8 Å². The molecule has 0 saturated carbocycles. The zero-order valence-corrected chi connectivity index (χ0v) is 19.1. The van der Waals surface area contributed by atoms with Crippen LogP contribution in [0.5, 0.6) is 0 Å². The number of halogens is 2. The summed E-state index contributed by atoms with van der Waals surface area (Å²) in [6, 6.07) is 4.37. The van der Waals surface area contributed by atoms with E-state index in [1.165, 1.54) is 5.56 Å². The topological polar surface area (TPSA) is 20.2 Å². The van der Waals surface area contributed by atoms with E-state index in [9.17, 15) is 3.47 Å². The molecule has 0 bridgehead atoms. The van der Waals surface area contributed by atoms with E-state index in [2.05, 4.69) is 74.4 Å². The fourth-order valence-electron chi connectivity index (χ4n) is 2.44. The minimum atomic E-state index is -4.06. The van der Waals surface area contributed by atoms with E-state index in [0.29, 0.717) is 0 Å². The summed E-state index contributed by atoms with van der Waals surface area (Å²) >= 11 is -4.06. The molecule has 1 aromatic carbocycles. The van der Waals surface area contributed by atoms with Crippen LogP contribution in [0.25, 0.3) is 0 Å². The van der Waals surface area contributed by atoms with Gasteiger partial charge in [-0.1, -0.05) is 0 Å². The van der Waals surface area contributed by atoms with E-state index in [4.69, 9.17) is 17.9 Å². The van der Waals surface area contributed by atoms with Crippen molar-refractivity contribution < 1.29 is 3.47 Å². The molecule has 4 heteroatoms. The van der Waals surface area contributed by atoms with E-state index < -0.39 is 16.4 Å². The first kappa shape index (κ1) is 20.6. The van der Waals surface area contributed by atoms with Crippen molar-refractivity contribution in [2.24, 2.45) is 0 Å². The molecule has 0 aliphatic heterocycles. The quantitative estimate of drug-likeness (QED) is 0.571. The van der Waals surface area contributed by atoms with Crippen LogP contribution in [0.4, 0.5) is 0 Å². The van der Waals surface area contributed by atoms with Crippen LogP contribution in [0.3, 0.4) is 0 Å². The first-order valence-electron chi connectivity index (χ1n) is 7.60. The van der Waals surface area contributed by atoms with Crippen molar-refractivity contribution in [1.82, 2.24) is 0 Å². The van der Waals surface area contributed by atoms with Gasteiger partial charge in [0.2, 0.25) is 0 Å². The molecule has 0 saturated heterocycles. The summed E-state index contributed by atoms with van der Waals surface area (Å²) in [4.78, 5) is 0. The third-order valence-corrected chi connectivity index (χ3v) is 8.54. The number of hydrogen-bond acceptors (Lipinski definition) is 1. The van der Waals surface area contributed by atoms with Crippen LogP contribution in [0.1, 0.15) is 79.0 Å². The zero-order chi connectivity index (χ0) is 17.7. The average molecular weight is 461 g/mol. The Kier molecular flexibility index (Phi) is 5.73. The van der Waals surface area contributed by atoms with Gasteiger partial charge in [-0.05, 0) is 0 Å². The Morgan fingerprint density at radius 1 is 0.727 bits per heavy atom. The molecule has 0 aromatic heterocycles. The van der Waals surface area contributed by atoms with Crippen molar-refractivity contribution >= 4 is 37.9 Å². The molecule has 0 atom stereocenters. The predicted octanol–water partition coefficient (Wildman–Crippen LogP) is 5.19. The average Bonchev–Trinajstić information content (AvgIpc) is 2.22. The van der Waals surface area contributed by atoms with Crippen LogP contribution < -0.4 is 3.61 Å². The standard InChI is InChI=1S/C18H30Cl2OTe/c1-16(2,3)12-10-13(17(4,5)6)15(22(19,20)21)14(11-12)18(7,8)9/h10-11,21H,1-9H3. The molecule has 1 rings (SSSR count). The van der Waals surface area contributed by atoms with Gasteiger partial charge in [0.05, 0.1) is 0 Å². The fraction of sp³-hybridized carbons (Fsp3) is 0.667. The van der Waals surface area contributed by atoms with Crippen LogP contribution in [0.15, 0.2) is 12.1 Å². The number of benzene rings is 1. The molecule has 0 radical (unpaired) electrons. The molecule has 0 amide bonds. The molecule has 0 aliphatic rings. The number of rotatable bonds is 1. The molecule has 1 nitrogen and oxygen atoms in total. The Morgan fingerprint density at radius 3 is 1.23 bits per heavy atom. The van der Waals surface area contributed by atoms with Crippen LogP contribution >= 0.6 is 17.9 Å². The predicted molar refractivity (Wildman–Crippen MR) is 102 cm³/mol. The molecule has 0 spiro atoms. The van der Waals surface area contributed by atoms with Gasteiger partial charge in [-0.15, -0.1) is 0 Å². The zero-order valence-electron chi connectivity index (χ0n) is 15.3. The van der Waals surface area contributed by atoms with Gasteiger partial charge in [-0.2, -0.15) is 0 Å². The second-order valence-electron chi connectivity index (χ2n) is 9.09. The van der Waals surface area contributed by atoms with Gasteiger partial charge >= 0.3 is 149 Å². The van der Waals surface area contributed by atoms with Gasteiger partial charge < -0.3 is 0 Å². The van der Waals surface area contributed by atoms with Crippen molar-refractivity contribution in [1.29, 1.82) is 0 Å². The van der Waals surface area contributed by atoms with Crippen LogP contribution in [0, 0.1) is 0 Å². The first-order valence-corrected chi connectivity index (χ1v) is 15.7. The molecule has 0 fully saturated rings. The maximum atomic E-state index is 10.6. The summed E-state index contributed by atoms with van der Waals surface area (Å²) in [6.45, 7) is 19.5. The van der Waals surface area contributed by atoms with Crippen molar-refractivity contribution in [3.05, 3.63) is 28.8 Å². The first-order chi connectivity index (χ1) is 9.45. The molecular formula is C18H30Cl2OTe. The third kappa shape index (κ3) is 4.78. The van der Waals surface area contributed by atoms with Gasteiger partial charge in [0.25, 0.3) is 0 Å². The summed E-state index contributed by atoms with van der Waals surface area (Å²) in [5.74, 6) is 0. The van der Waals surface area contributed by atoms with Gasteiger partial charge in [-0.3, -0.25) is 0 Å². The summed E-state index contributed by atoms with van der Waals surface area (Å²) in [5, 5.41) is 0. The van der Waals surface area contributed by atoms with E-state index >= 15 is 0 Å². The summed E-state index contributed by atoms with van der Waals surface area (Å²) in [6.07, 6.45) is 0. The van der Waals surface area contributed by atoms with Crippen molar-refractivity contribution in [3.8, 4) is 0 Å². The molecule has 0 heterocycles. The van der Waals surface area contributed by atoms with E-state index in [1.54, 1.807) is 0 Å². The second kappa shape index (κ2) is 6.12. The second-order valence-corrected chi connectivity index (χ2v) is 19.8. The van der Waals surface area contributed by atoms with Crippen molar-refractivity contribution in [2.45, 2.75) is 78.6 Å². The van der Waals surface area contributed by atoms with Gasteiger partial charge in [0.15, 0.2) is 0 Å². The summed E-state index contributed by atoms with van der Waals surface area (Å²) in [5.41, 5.74) is 3.20. The van der Waals surface area contributed by atoms with E-state index in [-0.39, 0.29) is 16.2 Å². The molecule has 128 valence electrons. The molecule has 22 heavy (non-hydrogen) atoms. The monoisotopic (exact) mass is 462 g/mol. The molecular weight excluding hydrogens is 431 g/mol. The Labute approximate surface area is 148 Å². The molecule has 0 unspecified atom stereocenters. The van der Waals surface area contributed by atoms with E-state index in [1.807, 2.05) is 0 Å². The van der Waals surface area contributed by atoms with Crippen LogP contribution in [-0.2, 0) is 16.2 Å². The SMILES string of the molecule is CC(C)(C)c1cc(C(C)(C)C)c([Te](O)(Cl)Cl)c(C(C)(C)C)c1. The Morgan fingerprint density at radius 2 is 1.05 bits per heavy atom. The van der Waals surface area contributed by atoms with Crippen molar-refractivity contribution in [2.75, 3.05) is 0 Å². The molecule has 1 aromatic rings. The van der Waals surface area contributed by atoms with Crippen molar-refractivity contribution in [3.63, 3.8) is 0 Å².